The highest BCUT2D eigenvalue weighted by Crippen LogP contribution is 2.01. The van der Waals surface area contributed by atoms with Crippen molar-refractivity contribution in [3.05, 3.63) is 30.1 Å². The summed E-state index contributed by atoms with van der Waals surface area (Å²) < 4.78 is 4.56. The number of rotatable bonds is 5. The summed E-state index contributed by atoms with van der Waals surface area (Å²) in [5.74, 6) is -0.612. The third-order valence-corrected chi connectivity index (χ3v) is 2.37. The molecule has 0 aromatic carbocycles. The Balaban J connectivity index is 2.57. The molecule has 0 aliphatic carbocycles. The quantitative estimate of drug-likeness (QED) is 0.779. The van der Waals surface area contributed by atoms with Crippen molar-refractivity contribution in [1.29, 1.82) is 0 Å². The van der Waals surface area contributed by atoms with Crippen molar-refractivity contribution in [3.63, 3.8) is 0 Å². The zero-order valence-electron chi connectivity index (χ0n) is 9.97. The Morgan fingerprint density at radius 3 is 2.76 bits per heavy atom. The third kappa shape index (κ3) is 4.22. The smallest absolute Gasteiger partial charge is 0.307 e. The number of hydrogen-bond acceptors (Lipinski definition) is 4. The van der Waals surface area contributed by atoms with Gasteiger partial charge in [-0.1, -0.05) is 13.0 Å². The number of esters is 1. The van der Waals surface area contributed by atoms with Gasteiger partial charge in [-0.05, 0) is 18.6 Å². The van der Waals surface area contributed by atoms with Gasteiger partial charge < -0.3 is 10.1 Å². The molecule has 1 heterocycles. The summed E-state index contributed by atoms with van der Waals surface area (Å²) in [5, 5.41) is 2.75. The molecule has 0 saturated carbocycles. The number of carbonyl (C=O) groups excluding carboxylic acids is 2. The number of ether oxygens (including phenoxy) is 1. The van der Waals surface area contributed by atoms with Gasteiger partial charge in [0.1, 0.15) is 5.69 Å². The molecule has 17 heavy (non-hydrogen) atoms. The molecule has 0 aliphatic heterocycles. The molecule has 0 spiro atoms. The van der Waals surface area contributed by atoms with Crippen LogP contribution in [0.15, 0.2) is 24.4 Å². The molecule has 1 unspecified atom stereocenters. The van der Waals surface area contributed by atoms with Gasteiger partial charge in [-0.3, -0.25) is 14.6 Å². The van der Waals surface area contributed by atoms with Gasteiger partial charge in [0.25, 0.3) is 5.91 Å². The molecule has 1 amide bonds. The highest BCUT2D eigenvalue weighted by molar-refractivity contribution is 5.92. The molecule has 1 rings (SSSR count). The third-order valence-electron chi connectivity index (χ3n) is 2.37. The lowest BCUT2D eigenvalue weighted by Crippen LogP contribution is -2.36. The molecule has 1 atom stereocenters. The monoisotopic (exact) mass is 236 g/mol. The number of pyridine rings is 1. The minimum absolute atomic E-state index is 0.172. The van der Waals surface area contributed by atoms with Crippen LogP contribution in [0.2, 0.25) is 0 Å². The number of nitrogens with one attached hydrogen (secondary N) is 1. The zero-order valence-corrected chi connectivity index (χ0v) is 9.97. The number of amides is 1. The molecule has 1 aromatic heterocycles. The highest BCUT2D eigenvalue weighted by atomic mass is 16.5. The summed E-state index contributed by atoms with van der Waals surface area (Å²) in [5.41, 5.74) is 0.343. The van der Waals surface area contributed by atoms with E-state index in [0.717, 1.165) is 0 Å². The van der Waals surface area contributed by atoms with E-state index in [1.807, 2.05) is 6.92 Å². The van der Waals surface area contributed by atoms with Gasteiger partial charge >= 0.3 is 5.97 Å². The Hall–Kier alpha value is -1.91. The standard InChI is InChI=1S/C12H16N2O3/c1-3-9(8-11(15)17-2)14-12(16)10-6-4-5-7-13-10/h4-7,9H,3,8H2,1-2H3,(H,14,16). The van der Waals surface area contributed by atoms with Gasteiger partial charge in [0.05, 0.1) is 13.5 Å². The number of nitrogens with zero attached hydrogens (tertiary/aromatic N) is 1. The molecule has 0 bridgehead atoms. The lowest BCUT2D eigenvalue weighted by molar-refractivity contribution is -0.141. The van der Waals surface area contributed by atoms with Crippen LogP contribution in [0, 0.1) is 0 Å². The van der Waals surface area contributed by atoms with Crippen LogP contribution in [0.1, 0.15) is 30.3 Å². The summed E-state index contributed by atoms with van der Waals surface area (Å²) in [6, 6.07) is 4.88. The van der Waals surface area contributed by atoms with Crippen molar-refractivity contribution < 1.29 is 14.3 Å². The lowest BCUT2D eigenvalue weighted by Gasteiger charge is -2.15. The van der Waals surface area contributed by atoms with Crippen LogP contribution in [0.4, 0.5) is 0 Å². The number of aromatic nitrogens is 1. The van der Waals surface area contributed by atoms with Crippen LogP contribution < -0.4 is 5.32 Å². The Labute approximate surface area is 100 Å². The molecule has 5 heteroatoms. The van der Waals surface area contributed by atoms with Crippen molar-refractivity contribution in [2.45, 2.75) is 25.8 Å². The van der Waals surface area contributed by atoms with E-state index in [1.165, 1.54) is 7.11 Å². The van der Waals surface area contributed by atoms with E-state index in [9.17, 15) is 9.59 Å². The minimum atomic E-state index is -0.335. The fourth-order valence-electron chi connectivity index (χ4n) is 1.34. The summed E-state index contributed by atoms with van der Waals surface area (Å²) in [6.45, 7) is 1.90. The fraction of sp³-hybridized carbons (Fsp3) is 0.417. The Morgan fingerprint density at radius 2 is 2.24 bits per heavy atom. The second-order valence-corrected chi connectivity index (χ2v) is 3.57. The Bertz CT molecular complexity index is 379. The van der Waals surface area contributed by atoms with Gasteiger partial charge in [-0.2, -0.15) is 0 Å². The van der Waals surface area contributed by atoms with E-state index in [1.54, 1.807) is 24.4 Å². The van der Waals surface area contributed by atoms with Gasteiger partial charge in [0.2, 0.25) is 0 Å². The maximum absolute atomic E-state index is 11.8. The van der Waals surface area contributed by atoms with Crippen LogP contribution in [-0.4, -0.2) is 30.0 Å². The Kier molecular flexibility index (Phi) is 5.13. The lowest BCUT2D eigenvalue weighted by atomic mass is 10.1. The van der Waals surface area contributed by atoms with Crippen LogP contribution in [0.25, 0.3) is 0 Å². The van der Waals surface area contributed by atoms with Crippen LogP contribution in [0.3, 0.4) is 0 Å². The molecule has 0 aliphatic rings. The summed E-state index contributed by atoms with van der Waals surface area (Å²) in [4.78, 5) is 26.8. The molecule has 0 fully saturated rings. The van der Waals surface area contributed by atoms with Crippen molar-refractivity contribution >= 4 is 11.9 Å². The molecule has 1 aromatic rings. The molecule has 0 radical (unpaired) electrons. The first-order valence-electron chi connectivity index (χ1n) is 5.46. The topological polar surface area (TPSA) is 68.3 Å². The molecule has 0 saturated heterocycles. The molecular formula is C12H16N2O3. The maximum Gasteiger partial charge on any atom is 0.307 e. The van der Waals surface area contributed by atoms with E-state index in [2.05, 4.69) is 15.0 Å². The molecule has 5 nitrogen and oxygen atoms in total. The highest BCUT2D eigenvalue weighted by Gasteiger charge is 2.16. The van der Waals surface area contributed by atoms with Gasteiger partial charge in [0, 0.05) is 12.2 Å². The predicted octanol–water partition coefficient (Wildman–Crippen LogP) is 1.15. The largest absolute Gasteiger partial charge is 0.469 e. The van der Waals surface area contributed by atoms with Crippen LogP contribution >= 0.6 is 0 Å². The maximum atomic E-state index is 11.8. The Morgan fingerprint density at radius 1 is 1.47 bits per heavy atom. The van der Waals surface area contributed by atoms with E-state index < -0.39 is 0 Å². The number of hydrogen-bond donors (Lipinski definition) is 1. The normalized spacial score (nSPS) is 11.6. The van der Waals surface area contributed by atoms with E-state index in [-0.39, 0.29) is 24.3 Å². The molecule has 92 valence electrons. The van der Waals surface area contributed by atoms with E-state index >= 15 is 0 Å². The van der Waals surface area contributed by atoms with Crippen molar-refractivity contribution in [3.8, 4) is 0 Å². The zero-order chi connectivity index (χ0) is 12.7. The van der Waals surface area contributed by atoms with Crippen LogP contribution in [-0.2, 0) is 9.53 Å². The average Bonchev–Trinajstić information content (AvgIpc) is 2.38. The second kappa shape index (κ2) is 6.62. The molecule has 1 N–H and O–H groups in total. The van der Waals surface area contributed by atoms with Gasteiger partial charge in [-0.15, -0.1) is 0 Å². The number of methoxy groups -OCH3 is 1. The molecular weight excluding hydrogens is 220 g/mol. The van der Waals surface area contributed by atoms with Crippen LogP contribution in [0.5, 0.6) is 0 Å². The van der Waals surface area contributed by atoms with Crippen molar-refractivity contribution in [2.75, 3.05) is 7.11 Å². The summed E-state index contributed by atoms with van der Waals surface area (Å²) in [7, 11) is 1.33. The first-order chi connectivity index (χ1) is 8.17. The average molecular weight is 236 g/mol. The van der Waals surface area contributed by atoms with E-state index in [4.69, 9.17) is 0 Å². The van der Waals surface area contributed by atoms with Gasteiger partial charge in [0.15, 0.2) is 0 Å². The second-order valence-electron chi connectivity index (χ2n) is 3.57. The minimum Gasteiger partial charge on any atom is -0.469 e. The predicted molar refractivity (Wildman–Crippen MR) is 62.4 cm³/mol. The summed E-state index contributed by atoms with van der Waals surface area (Å²) >= 11 is 0. The summed E-state index contributed by atoms with van der Waals surface area (Å²) in [6.07, 6.45) is 2.38. The fourth-order valence-corrected chi connectivity index (χ4v) is 1.34. The first kappa shape index (κ1) is 13.2. The van der Waals surface area contributed by atoms with Crippen molar-refractivity contribution in [1.82, 2.24) is 10.3 Å². The SMILES string of the molecule is CCC(CC(=O)OC)NC(=O)c1ccccn1. The van der Waals surface area contributed by atoms with Gasteiger partial charge in [-0.25, -0.2) is 0 Å². The first-order valence-corrected chi connectivity index (χ1v) is 5.46. The van der Waals surface area contributed by atoms with Crippen molar-refractivity contribution in [2.24, 2.45) is 0 Å². The van der Waals surface area contributed by atoms with E-state index in [0.29, 0.717) is 12.1 Å². The number of carbonyl (C=O) groups is 2.